The molecule has 1 radical (unpaired) electrons. The molecule has 1 heterocycles. The fourth-order valence-electron chi connectivity index (χ4n) is 2.99. The van der Waals surface area contributed by atoms with Gasteiger partial charge in [0.25, 0.3) is 0 Å². The number of rotatable bonds is 3. The first-order valence-electron chi connectivity index (χ1n) is 7.54. The highest BCUT2D eigenvalue weighted by atomic mass is 15.1. The van der Waals surface area contributed by atoms with E-state index in [1.165, 1.54) is 35.2 Å². The number of aryl methyl sites for hydroxylation is 1. The third-order valence-corrected chi connectivity index (χ3v) is 4.12. The SMILES string of the molecule is [CH2]c1ccc2c(c1)CCN(c1ccc(CCC)cc1)C2. The minimum absolute atomic E-state index is 1.02. The lowest BCUT2D eigenvalue weighted by Gasteiger charge is -2.31. The molecule has 2 aromatic carbocycles. The van der Waals surface area contributed by atoms with Crippen LogP contribution in [0.3, 0.4) is 0 Å². The molecule has 20 heavy (non-hydrogen) atoms. The molecular weight excluding hydrogens is 242 g/mol. The minimum Gasteiger partial charge on any atom is -0.367 e. The van der Waals surface area contributed by atoms with Crippen LogP contribution in [0.1, 0.15) is 35.6 Å². The van der Waals surface area contributed by atoms with Gasteiger partial charge in [-0.25, -0.2) is 0 Å². The van der Waals surface area contributed by atoms with E-state index in [1.54, 1.807) is 0 Å². The number of anilines is 1. The largest absolute Gasteiger partial charge is 0.367 e. The predicted molar refractivity (Wildman–Crippen MR) is 86.1 cm³/mol. The normalized spacial score (nSPS) is 14.2. The molecule has 1 nitrogen and oxygen atoms in total. The fraction of sp³-hybridized carbons (Fsp3) is 0.316. The van der Waals surface area contributed by atoms with Gasteiger partial charge in [-0.15, -0.1) is 0 Å². The highest BCUT2D eigenvalue weighted by Crippen LogP contribution is 2.25. The van der Waals surface area contributed by atoms with Crippen molar-refractivity contribution in [3.63, 3.8) is 0 Å². The molecule has 0 fully saturated rings. The molecule has 1 aliphatic rings. The molecule has 0 amide bonds. The van der Waals surface area contributed by atoms with Gasteiger partial charge in [-0.1, -0.05) is 43.7 Å². The lowest BCUT2D eigenvalue weighted by Crippen LogP contribution is -2.30. The monoisotopic (exact) mass is 264 g/mol. The number of hydrogen-bond acceptors (Lipinski definition) is 1. The maximum Gasteiger partial charge on any atom is 0.0432 e. The molecule has 0 spiro atoms. The van der Waals surface area contributed by atoms with Gasteiger partial charge in [-0.05, 0) is 54.2 Å². The van der Waals surface area contributed by atoms with Crippen LogP contribution in [0.25, 0.3) is 0 Å². The summed E-state index contributed by atoms with van der Waals surface area (Å²) in [6.45, 7) is 8.37. The molecule has 0 saturated heterocycles. The van der Waals surface area contributed by atoms with Crippen molar-refractivity contribution in [2.45, 2.75) is 32.7 Å². The first kappa shape index (κ1) is 13.2. The average molecular weight is 264 g/mol. The molecule has 2 aromatic rings. The van der Waals surface area contributed by atoms with Crippen molar-refractivity contribution < 1.29 is 0 Å². The third kappa shape index (κ3) is 2.72. The van der Waals surface area contributed by atoms with Crippen LogP contribution in [0.4, 0.5) is 5.69 Å². The molecule has 0 bridgehead atoms. The summed E-state index contributed by atoms with van der Waals surface area (Å²) in [4.78, 5) is 2.47. The maximum atomic E-state index is 4.02. The van der Waals surface area contributed by atoms with E-state index in [2.05, 4.69) is 61.2 Å². The topological polar surface area (TPSA) is 3.24 Å². The van der Waals surface area contributed by atoms with Crippen molar-refractivity contribution in [2.75, 3.05) is 11.4 Å². The second-order valence-electron chi connectivity index (χ2n) is 5.69. The summed E-state index contributed by atoms with van der Waals surface area (Å²) in [5.41, 5.74) is 6.82. The average Bonchev–Trinajstić information content (AvgIpc) is 2.48. The summed E-state index contributed by atoms with van der Waals surface area (Å²) in [6.07, 6.45) is 3.51. The van der Waals surface area contributed by atoms with Crippen molar-refractivity contribution in [1.29, 1.82) is 0 Å². The number of nitrogens with zero attached hydrogens (tertiary/aromatic N) is 1. The first-order chi connectivity index (χ1) is 9.76. The van der Waals surface area contributed by atoms with Gasteiger partial charge in [-0.3, -0.25) is 0 Å². The van der Waals surface area contributed by atoms with Gasteiger partial charge in [0.2, 0.25) is 0 Å². The zero-order valence-electron chi connectivity index (χ0n) is 12.2. The highest BCUT2D eigenvalue weighted by molar-refractivity contribution is 5.51. The van der Waals surface area contributed by atoms with E-state index in [1.807, 2.05) is 0 Å². The summed E-state index contributed by atoms with van der Waals surface area (Å²) in [7, 11) is 0. The van der Waals surface area contributed by atoms with Gasteiger partial charge in [0.1, 0.15) is 0 Å². The molecule has 0 unspecified atom stereocenters. The van der Waals surface area contributed by atoms with Gasteiger partial charge >= 0.3 is 0 Å². The van der Waals surface area contributed by atoms with Crippen LogP contribution in [-0.2, 0) is 19.4 Å². The fourth-order valence-corrected chi connectivity index (χ4v) is 2.99. The van der Waals surface area contributed by atoms with E-state index in [0.29, 0.717) is 0 Å². The van der Waals surface area contributed by atoms with Crippen molar-refractivity contribution in [3.05, 3.63) is 71.6 Å². The lowest BCUT2D eigenvalue weighted by atomic mass is 9.97. The summed E-state index contributed by atoms with van der Waals surface area (Å²) >= 11 is 0. The van der Waals surface area contributed by atoms with Crippen LogP contribution in [0, 0.1) is 6.92 Å². The zero-order valence-corrected chi connectivity index (χ0v) is 12.2. The zero-order chi connectivity index (χ0) is 13.9. The van der Waals surface area contributed by atoms with Gasteiger partial charge in [0.15, 0.2) is 0 Å². The van der Waals surface area contributed by atoms with Crippen LogP contribution in [0.15, 0.2) is 42.5 Å². The Morgan fingerprint density at radius 3 is 2.60 bits per heavy atom. The Morgan fingerprint density at radius 1 is 1.05 bits per heavy atom. The molecule has 0 saturated carbocycles. The summed E-state index contributed by atoms with van der Waals surface area (Å²) in [6, 6.07) is 15.7. The van der Waals surface area contributed by atoms with E-state index in [9.17, 15) is 0 Å². The first-order valence-corrected chi connectivity index (χ1v) is 7.54. The van der Waals surface area contributed by atoms with Crippen LogP contribution in [0.2, 0.25) is 0 Å². The molecule has 0 aromatic heterocycles. The molecule has 3 rings (SSSR count). The van der Waals surface area contributed by atoms with Crippen molar-refractivity contribution in [2.24, 2.45) is 0 Å². The van der Waals surface area contributed by atoms with Crippen molar-refractivity contribution in [3.8, 4) is 0 Å². The Kier molecular flexibility index (Phi) is 3.77. The van der Waals surface area contributed by atoms with Crippen molar-refractivity contribution in [1.82, 2.24) is 0 Å². The Bertz CT molecular complexity index is 583. The Balaban J connectivity index is 1.77. The van der Waals surface area contributed by atoms with E-state index in [0.717, 1.165) is 25.1 Å². The number of fused-ring (bicyclic) bond motifs is 1. The standard InChI is InChI=1S/C19H22N/c1-3-4-16-6-9-19(10-7-16)20-12-11-17-13-15(2)5-8-18(17)14-20/h5-10,13H,2-4,11-12,14H2,1H3. The molecule has 0 atom stereocenters. The van der Waals surface area contributed by atoms with Gasteiger partial charge < -0.3 is 4.90 Å². The van der Waals surface area contributed by atoms with Crippen LogP contribution in [-0.4, -0.2) is 6.54 Å². The Labute approximate surface area is 122 Å². The Hall–Kier alpha value is -1.76. The minimum atomic E-state index is 1.02. The number of hydrogen-bond donors (Lipinski definition) is 0. The molecule has 1 aliphatic heterocycles. The Morgan fingerprint density at radius 2 is 1.85 bits per heavy atom. The van der Waals surface area contributed by atoms with Crippen LogP contribution in [0.5, 0.6) is 0 Å². The van der Waals surface area contributed by atoms with Crippen LogP contribution < -0.4 is 4.90 Å². The van der Waals surface area contributed by atoms with E-state index < -0.39 is 0 Å². The predicted octanol–water partition coefficient (Wildman–Crippen LogP) is 4.38. The summed E-state index contributed by atoms with van der Waals surface area (Å²) in [5.74, 6) is 0. The van der Waals surface area contributed by atoms with Gasteiger partial charge in [0, 0.05) is 18.8 Å². The smallest absolute Gasteiger partial charge is 0.0432 e. The molecule has 0 aliphatic carbocycles. The molecule has 103 valence electrons. The summed E-state index contributed by atoms with van der Waals surface area (Å²) < 4.78 is 0. The molecule has 1 heteroatoms. The third-order valence-electron chi connectivity index (χ3n) is 4.12. The van der Waals surface area contributed by atoms with Crippen LogP contribution >= 0.6 is 0 Å². The second kappa shape index (κ2) is 5.70. The van der Waals surface area contributed by atoms with Gasteiger partial charge in [-0.2, -0.15) is 0 Å². The molecular formula is C19H22N. The van der Waals surface area contributed by atoms with E-state index >= 15 is 0 Å². The highest BCUT2D eigenvalue weighted by Gasteiger charge is 2.16. The summed E-state index contributed by atoms with van der Waals surface area (Å²) in [5, 5.41) is 0. The van der Waals surface area contributed by atoms with Gasteiger partial charge in [0.05, 0.1) is 0 Å². The van der Waals surface area contributed by atoms with Crippen molar-refractivity contribution >= 4 is 5.69 Å². The lowest BCUT2D eigenvalue weighted by molar-refractivity contribution is 0.731. The number of benzene rings is 2. The maximum absolute atomic E-state index is 4.02. The second-order valence-corrected chi connectivity index (χ2v) is 5.69. The molecule has 0 N–H and O–H groups in total. The quantitative estimate of drug-likeness (QED) is 0.795. The van der Waals surface area contributed by atoms with E-state index in [4.69, 9.17) is 0 Å². The van der Waals surface area contributed by atoms with E-state index in [-0.39, 0.29) is 0 Å².